The highest BCUT2D eigenvalue weighted by atomic mass is 32.2. The predicted octanol–water partition coefficient (Wildman–Crippen LogP) is 4.76. The fraction of sp³-hybridized carbons (Fsp3) is 0.500. The van der Waals surface area contributed by atoms with E-state index in [1.54, 1.807) is 19.2 Å². The highest BCUT2D eigenvalue weighted by molar-refractivity contribution is 7.90. The molecule has 3 aliphatic rings. The fourth-order valence-corrected chi connectivity index (χ4v) is 8.36. The SMILES string of the molecule is CCOC(=O)N[C@@H]1CC[C@@H]2[C@@H](C1)C[C@H]1NS(=O)(=O)[C@H](C)[C@H]1[C@H]2/C=C/c1ccc(-c2cccc(F)c2)cn1. The molecule has 1 aromatic carbocycles. The summed E-state index contributed by atoms with van der Waals surface area (Å²) in [6.45, 7) is 3.93. The van der Waals surface area contributed by atoms with Crippen LogP contribution >= 0.6 is 0 Å². The fourth-order valence-electron chi connectivity index (χ4n) is 6.69. The Morgan fingerprint density at radius 2 is 2.05 bits per heavy atom. The molecule has 5 rings (SSSR count). The zero-order valence-electron chi connectivity index (χ0n) is 21.1. The monoisotopic (exact) mass is 527 g/mol. The van der Waals surface area contributed by atoms with E-state index in [0.717, 1.165) is 42.5 Å². The van der Waals surface area contributed by atoms with Gasteiger partial charge in [-0.25, -0.2) is 22.3 Å². The molecule has 1 aliphatic heterocycles. The third-order valence-corrected chi connectivity index (χ3v) is 10.3. The molecule has 0 unspecified atom stereocenters. The van der Waals surface area contributed by atoms with E-state index >= 15 is 0 Å². The molecule has 0 bridgehead atoms. The molecule has 37 heavy (non-hydrogen) atoms. The summed E-state index contributed by atoms with van der Waals surface area (Å²) in [4.78, 5) is 16.5. The molecule has 0 radical (unpaired) electrons. The number of aromatic nitrogens is 1. The van der Waals surface area contributed by atoms with Gasteiger partial charge >= 0.3 is 6.09 Å². The maximum absolute atomic E-state index is 13.6. The van der Waals surface area contributed by atoms with Crippen LogP contribution in [-0.4, -0.2) is 43.4 Å². The van der Waals surface area contributed by atoms with E-state index in [9.17, 15) is 17.6 Å². The number of carbonyl (C=O) groups is 1. The number of alkyl carbamates (subject to hydrolysis) is 1. The summed E-state index contributed by atoms with van der Waals surface area (Å²) in [6.07, 6.45) is 8.83. The molecular weight excluding hydrogens is 493 g/mol. The van der Waals surface area contributed by atoms with Crippen LogP contribution < -0.4 is 10.0 Å². The summed E-state index contributed by atoms with van der Waals surface area (Å²) in [5.74, 6) is 0.416. The topological polar surface area (TPSA) is 97.4 Å². The molecule has 198 valence electrons. The van der Waals surface area contributed by atoms with Crippen LogP contribution in [-0.2, 0) is 14.8 Å². The minimum atomic E-state index is -3.37. The molecule has 7 atom stereocenters. The second-order valence-electron chi connectivity index (χ2n) is 10.5. The standard InChI is InChI=1S/C28H34FN3O4S/c1-3-36-28(33)31-23-10-11-24-20(14-23)15-26-27(17(2)37(34,35)32-26)25(24)12-9-22-8-7-19(16-30-22)18-5-4-6-21(29)13-18/h4-9,12-13,16-17,20,23-27,32H,3,10-11,14-15H2,1-2H3,(H,31,33)/b12-9+/t17-,20+,23-,24-,25+,26-,27+/m1/s1. The summed E-state index contributed by atoms with van der Waals surface area (Å²) in [6, 6.07) is 10.2. The van der Waals surface area contributed by atoms with Gasteiger partial charge in [-0.1, -0.05) is 24.3 Å². The molecule has 2 heterocycles. The van der Waals surface area contributed by atoms with Crippen molar-refractivity contribution in [3.05, 3.63) is 60.2 Å². The van der Waals surface area contributed by atoms with Crippen molar-refractivity contribution in [3.8, 4) is 11.1 Å². The van der Waals surface area contributed by atoms with Crippen LogP contribution in [0.3, 0.4) is 0 Å². The maximum atomic E-state index is 13.6. The van der Waals surface area contributed by atoms with Gasteiger partial charge in [0.1, 0.15) is 5.82 Å². The third-order valence-electron chi connectivity index (χ3n) is 8.38. The lowest BCUT2D eigenvalue weighted by Gasteiger charge is -2.48. The Morgan fingerprint density at radius 1 is 1.22 bits per heavy atom. The number of pyridine rings is 1. The van der Waals surface area contributed by atoms with Gasteiger partial charge in [0.15, 0.2) is 0 Å². The van der Waals surface area contributed by atoms with Crippen LogP contribution in [0.1, 0.15) is 45.2 Å². The van der Waals surface area contributed by atoms with Crippen molar-refractivity contribution in [1.82, 2.24) is 15.0 Å². The number of fused-ring (bicyclic) bond motifs is 2. The largest absolute Gasteiger partial charge is 0.450 e. The van der Waals surface area contributed by atoms with E-state index in [2.05, 4.69) is 21.1 Å². The first-order chi connectivity index (χ1) is 17.7. The van der Waals surface area contributed by atoms with E-state index in [1.165, 1.54) is 12.1 Å². The molecular formula is C28H34FN3O4S. The van der Waals surface area contributed by atoms with Crippen molar-refractivity contribution in [2.75, 3.05) is 6.61 Å². The van der Waals surface area contributed by atoms with E-state index in [1.807, 2.05) is 31.2 Å². The van der Waals surface area contributed by atoms with Gasteiger partial charge in [0.05, 0.1) is 17.6 Å². The molecule has 9 heteroatoms. The van der Waals surface area contributed by atoms with Gasteiger partial charge in [0.2, 0.25) is 10.0 Å². The number of sulfonamides is 1. The minimum Gasteiger partial charge on any atom is -0.450 e. The van der Waals surface area contributed by atoms with Gasteiger partial charge in [-0.15, -0.1) is 0 Å². The Bertz CT molecular complexity index is 1270. The van der Waals surface area contributed by atoms with Gasteiger partial charge in [-0.2, -0.15) is 0 Å². The Kier molecular flexibility index (Phi) is 7.36. The lowest BCUT2D eigenvalue weighted by atomic mass is 9.58. The van der Waals surface area contributed by atoms with Crippen molar-refractivity contribution in [2.45, 2.75) is 56.9 Å². The molecule has 3 fully saturated rings. The molecule has 1 aromatic heterocycles. The lowest BCUT2D eigenvalue weighted by Crippen LogP contribution is -2.50. The van der Waals surface area contributed by atoms with Gasteiger partial charge in [0, 0.05) is 23.8 Å². The average Bonchev–Trinajstić information content (AvgIpc) is 3.09. The molecule has 1 saturated heterocycles. The number of hydrogen-bond acceptors (Lipinski definition) is 5. The maximum Gasteiger partial charge on any atom is 0.407 e. The molecule has 2 saturated carbocycles. The Hall–Kier alpha value is -2.78. The quantitative estimate of drug-likeness (QED) is 0.585. The van der Waals surface area contributed by atoms with Crippen LogP contribution in [0.4, 0.5) is 9.18 Å². The van der Waals surface area contributed by atoms with Crippen LogP contribution in [0.25, 0.3) is 17.2 Å². The summed E-state index contributed by atoms with van der Waals surface area (Å²) in [5, 5.41) is 2.52. The van der Waals surface area contributed by atoms with Crippen LogP contribution in [0.15, 0.2) is 48.7 Å². The Morgan fingerprint density at radius 3 is 2.78 bits per heavy atom. The van der Waals surface area contributed by atoms with Crippen molar-refractivity contribution >= 4 is 22.2 Å². The molecule has 0 spiro atoms. The molecule has 2 aliphatic carbocycles. The number of amides is 1. The number of halogens is 1. The first-order valence-corrected chi connectivity index (χ1v) is 14.6. The molecule has 1 amide bonds. The summed E-state index contributed by atoms with van der Waals surface area (Å²) >= 11 is 0. The first kappa shape index (κ1) is 25.9. The normalized spacial score (nSPS) is 32.5. The second kappa shape index (κ2) is 10.5. The van der Waals surface area contributed by atoms with Crippen molar-refractivity contribution in [1.29, 1.82) is 0 Å². The van der Waals surface area contributed by atoms with Crippen LogP contribution in [0, 0.1) is 29.5 Å². The molecule has 2 aromatic rings. The highest BCUT2D eigenvalue weighted by Crippen LogP contribution is 2.51. The number of hydrogen-bond donors (Lipinski definition) is 2. The number of ether oxygens (including phenoxy) is 1. The number of allylic oxidation sites excluding steroid dienone is 1. The summed E-state index contributed by atoms with van der Waals surface area (Å²) in [5.41, 5.74) is 2.38. The number of nitrogens with one attached hydrogen (secondary N) is 2. The average molecular weight is 528 g/mol. The molecule has 7 nitrogen and oxygen atoms in total. The first-order valence-electron chi connectivity index (χ1n) is 13.1. The Balaban J connectivity index is 1.36. The van der Waals surface area contributed by atoms with Crippen molar-refractivity contribution in [2.24, 2.45) is 23.7 Å². The van der Waals surface area contributed by atoms with Gasteiger partial charge in [0.25, 0.3) is 0 Å². The van der Waals surface area contributed by atoms with E-state index in [-0.39, 0.29) is 35.8 Å². The van der Waals surface area contributed by atoms with Crippen molar-refractivity contribution < 1.29 is 22.3 Å². The van der Waals surface area contributed by atoms with Gasteiger partial charge in [-0.3, -0.25) is 4.98 Å². The van der Waals surface area contributed by atoms with E-state index < -0.39 is 15.3 Å². The zero-order chi connectivity index (χ0) is 26.2. The summed E-state index contributed by atoms with van der Waals surface area (Å²) in [7, 11) is -3.37. The number of benzene rings is 1. The number of rotatable bonds is 5. The van der Waals surface area contributed by atoms with Gasteiger partial charge in [-0.05, 0) is 93.0 Å². The molecule has 2 N–H and O–H groups in total. The van der Waals surface area contributed by atoms with Crippen LogP contribution in [0.5, 0.6) is 0 Å². The second-order valence-corrected chi connectivity index (χ2v) is 12.6. The van der Waals surface area contributed by atoms with E-state index in [4.69, 9.17) is 4.74 Å². The van der Waals surface area contributed by atoms with Crippen LogP contribution in [0.2, 0.25) is 0 Å². The van der Waals surface area contributed by atoms with Gasteiger partial charge < -0.3 is 10.1 Å². The number of nitrogens with zero attached hydrogens (tertiary/aromatic N) is 1. The Labute approximate surface area is 218 Å². The van der Waals surface area contributed by atoms with Crippen molar-refractivity contribution in [3.63, 3.8) is 0 Å². The minimum absolute atomic E-state index is 0.0105. The summed E-state index contributed by atoms with van der Waals surface area (Å²) < 4.78 is 47.2. The lowest BCUT2D eigenvalue weighted by molar-refractivity contribution is 0.0539. The number of carbonyl (C=O) groups excluding carboxylic acids is 1. The third kappa shape index (κ3) is 5.43. The van der Waals surface area contributed by atoms with E-state index in [0.29, 0.717) is 18.4 Å². The highest BCUT2D eigenvalue weighted by Gasteiger charge is 2.54. The smallest absolute Gasteiger partial charge is 0.407 e. The predicted molar refractivity (Wildman–Crippen MR) is 140 cm³/mol. The zero-order valence-corrected chi connectivity index (χ0v) is 22.0.